The quantitative estimate of drug-likeness (QED) is 0.764. The van der Waals surface area contributed by atoms with Gasteiger partial charge in [-0.3, -0.25) is 0 Å². The average molecular weight is 397 g/mol. The molecule has 2 N–H and O–H groups in total. The van der Waals surface area contributed by atoms with Crippen molar-refractivity contribution in [1.29, 1.82) is 0 Å². The second-order valence-electron chi connectivity index (χ2n) is 6.56. The molecule has 2 aromatic rings. The maximum atomic E-state index is 12.9. The third-order valence-corrected chi connectivity index (χ3v) is 5.76. The summed E-state index contributed by atoms with van der Waals surface area (Å²) in [4.78, 5) is 15.6. The van der Waals surface area contributed by atoms with E-state index < -0.39 is 17.8 Å². The highest BCUT2D eigenvalue weighted by Crippen LogP contribution is 2.34. The molecule has 146 valence electrons. The number of alkyl halides is 3. The Hall–Kier alpha value is -2.06. The van der Waals surface area contributed by atoms with Crippen LogP contribution < -0.4 is 10.6 Å². The van der Waals surface area contributed by atoms with Gasteiger partial charge < -0.3 is 15.5 Å². The predicted molar refractivity (Wildman–Crippen MR) is 101 cm³/mol. The van der Waals surface area contributed by atoms with Gasteiger partial charge in [0.25, 0.3) is 0 Å². The fourth-order valence-electron chi connectivity index (χ4n) is 3.30. The Kier molecular flexibility index (Phi) is 6.38. The normalized spacial score (nSPS) is 16.3. The lowest BCUT2D eigenvalue weighted by Gasteiger charge is -2.31. The first kappa shape index (κ1) is 19.7. The summed E-state index contributed by atoms with van der Waals surface area (Å²) in [6.07, 6.45) is -2.33. The van der Waals surface area contributed by atoms with Gasteiger partial charge in [0, 0.05) is 18.0 Å². The number of carbonyl (C=O) groups excluding carboxylic acids is 1. The third kappa shape index (κ3) is 5.46. The number of rotatable bonds is 5. The van der Waals surface area contributed by atoms with E-state index in [4.69, 9.17) is 0 Å². The molecule has 1 saturated heterocycles. The minimum absolute atomic E-state index is 0.237. The first-order valence-corrected chi connectivity index (χ1v) is 9.78. The van der Waals surface area contributed by atoms with Gasteiger partial charge in [0.15, 0.2) is 0 Å². The molecule has 0 spiro atoms. The molecular formula is C19H22F3N3OS. The Bertz CT molecular complexity index is 741. The van der Waals surface area contributed by atoms with Crippen molar-refractivity contribution in [3.8, 4) is 0 Å². The number of nitrogens with zero attached hydrogens (tertiary/aromatic N) is 1. The average Bonchev–Trinajstić information content (AvgIpc) is 3.16. The van der Waals surface area contributed by atoms with E-state index in [1.807, 2.05) is 0 Å². The lowest BCUT2D eigenvalue weighted by molar-refractivity contribution is -0.136. The number of thiophene rings is 1. The van der Waals surface area contributed by atoms with E-state index in [2.05, 4.69) is 33.0 Å². The topological polar surface area (TPSA) is 44.4 Å². The Morgan fingerprint density at radius 3 is 2.56 bits per heavy atom. The summed E-state index contributed by atoms with van der Waals surface area (Å²) in [6, 6.07) is 8.58. The highest BCUT2D eigenvalue weighted by Gasteiger charge is 2.33. The highest BCUT2D eigenvalue weighted by molar-refractivity contribution is 7.10. The van der Waals surface area contributed by atoms with Gasteiger partial charge >= 0.3 is 12.2 Å². The number of hydrogen-bond donors (Lipinski definition) is 2. The molecule has 27 heavy (non-hydrogen) atoms. The molecule has 1 fully saturated rings. The molecule has 2 heterocycles. The molecule has 2 amide bonds. The number of likely N-dealkylation sites (tertiary alicyclic amines) is 1. The van der Waals surface area contributed by atoms with Gasteiger partial charge in [-0.1, -0.05) is 18.2 Å². The van der Waals surface area contributed by atoms with Crippen LogP contribution in [0.2, 0.25) is 0 Å². The molecule has 1 aromatic carbocycles. The molecule has 3 rings (SSSR count). The molecule has 0 unspecified atom stereocenters. The second kappa shape index (κ2) is 8.75. The van der Waals surface area contributed by atoms with Crippen molar-refractivity contribution in [3.05, 3.63) is 52.2 Å². The van der Waals surface area contributed by atoms with Gasteiger partial charge in [-0.2, -0.15) is 13.2 Å². The van der Waals surface area contributed by atoms with Crippen LogP contribution >= 0.6 is 11.3 Å². The molecule has 8 heteroatoms. The van der Waals surface area contributed by atoms with Crippen LogP contribution in [0.5, 0.6) is 0 Å². The number of nitrogens with one attached hydrogen (secondary N) is 2. The number of urea groups is 1. The number of amides is 2. The summed E-state index contributed by atoms with van der Waals surface area (Å²) in [5.41, 5.74) is -1.09. The Labute approximate surface area is 160 Å². The van der Waals surface area contributed by atoms with E-state index in [0.29, 0.717) is 19.0 Å². The summed E-state index contributed by atoms with van der Waals surface area (Å²) < 4.78 is 38.8. The van der Waals surface area contributed by atoms with Crippen molar-refractivity contribution in [1.82, 2.24) is 10.2 Å². The molecule has 0 atom stereocenters. The van der Waals surface area contributed by atoms with E-state index in [-0.39, 0.29) is 5.69 Å². The summed E-state index contributed by atoms with van der Waals surface area (Å²) >= 11 is 1.79. The van der Waals surface area contributed by atoms with Crippen molar-refractivity contribution in [2.45, 2.75) is 24.9 Å². The lowest BCUT2D eigenvalue weighted by Crippen LogP contribution is -2.40. The van der Waals surface area contributed by atoms with Crippen molar-refractivity contribution in [2.24, 2.45) is 0 Å². The molecule has 1 aliphatic heterocycles. The number of hydrogen-bond acceptors (Lipinski definition) is 3. The van der Waals surface area contributed by atoms with E-state index in [1.54, 1.807) is 11.3 Å². The standard InChI is InChI=1S/C19H22F3N3OS/c20-19(21,22)15-4-1-2-5-16(15)24-18(26)23-9-12-25-10-7-14(8-11-25)17-6-3-13-27-17/h1-6,13-14H,7-12H2,(H2,23,24,26). The molecular weight excluding hydrogens is 375 g/mol. The number of halogens is 3. The number of piperidine rings is 1. The maximum Gasteiger partial charge on any atom is 0.418 e. The second-order valence-corrected chi connectivity index (χ2v) is 7.53. The SMILES string of the molecule is O=C(NCCN1CCC(c2cccs2)CC1)Nc1ccccc1C(F)(F)F. The minimum Gasteiger partial charge on any atom is -0.337 e. The molecule has 1 aromatic heterocycles. The van der Waals surface area contributed by atoms with Crippen LogP contribution in [-0.2, 0) is 6.18 Å². The zero-order valence-electron chi connectivity index (χ0n) is 14.8. The molecule has 1 aliphatic rings. The van der Waals surface area contributed by atoms with E-state index in [1.165, 1.54) is 23.1 Å². The van der Waals surface area contributed by atoms with Crippen molar-refractivity contribution in [2.75, 3.05) is 31.5 Å². The smallest absolute Gasteiger partial charge is 0.337 e. The first-order chi connectivity index (χ1) is 12.9. The Balaban J connectivity index is 1.41. The van der Waals surface area contributed by atoms with Gasteiger partial charge in [-0.05, 0) is 55.4 Å². The van der Waals surface area contributed by atoms with Crippen LogP contribution in [0.1, 0.15) is 29.2 Å². The van der Waals surface area contributed by atoms with Gasteiger partial charge in [-0.15, -0.1) is 11.3 Å². The van der Waals surface area contributed by atoms with E-state index >= 15 is 0 Å². The van der Waals surface area contributed by atoms with Crippen LogP contribution in [0.15, 0.2) is 41.8 Å². The fraction of sp³-hybridized carbons (Fsp3) is 0.421. The lowest BCUT2D eigenvalue weighted by atomic mass is 9.95. The minimum atomic E-state index is -4.50. The summed E-state index contributed by atoms with van der Waals surface area (Å²) in [5, 5.41) is 7.03. The molecule has 0 bridgehead atoms. The number of para-hydroxylation sites is 1. The molecule has 0 radical (unpaired) electrons. The molecule has 4 nitrogen and oxygen atoms in total. The number of carbonyl (C=O) groups is 1. The van der Waals surface area contributed by atoms with Crippen molar-refractivity contribution >= 4 is 23.1 Å². The van der Waals surface area contributed by atoms with Gasteiger partial charge in [0.05, 0.1) is 11.3 Å². The van der Waals surface area contributed by atoms with Crippen LogP contribution in [-0.4, -0.2) is 37.1 Å². The zero-order valence-corrected chi connectivity index (χ0v) is 15.6. The summed E-state index contributed by atoms with van der Waals surface area (Å²) in [6.45, 7) is 3.00. The Morgan fingerprint density at radius 2 is 1.89 bits per heavy atom. The van der Waals surface area contributed by atoms with Crippen molar-refractivity contribution in [3.63, 3.8) is 0 Å². The fourth-order valence-corrected chi connectivity index (χ4v) is 4.20. The number of benzene rings is 1. The van der Waals surface area contributed by atoms with E-state index in [9.17, 15) is 18.0 Å². The van der Waals surface area contributed by atoms with Crippen LogP contribution in [0.25, 0.3) is 0 Å². The van der Waals surface area contributed by atoms with Gasteiger partial charge in [0.2, 0.25) is 0 Å². The van der Waals surface area contributed by atoms with Gasteiger partial charge in [-0.25, -0.2) is 4.79 Å². The van der Waals surface area contributed by atoms with Crippen LogP contribution in [0, 0.1) is 0 Å². The molecule has 0 saturated carbocycles. The largest absolute Gasteiger partial charge is 0.418 e. The van der Waals surface area contributed by atoms with Crippen molar-refractivity contribution < 1.29 is 18.0 Å². The maximum absolute atomic E-state index is 12.9. The first-order valence-electron chi connectivity index (χ1n) is 8.90. The van der Waals surface area contributed by atoms with Gasteiger partial charge in [0.1, 0.15) is 0 Å². The zero-order chi connectivity index (χ0) is 19.3. The summed E-state index contributed by atoms with van der Waals surface area (Å²) in [5.74, 6) is 0.608. The van der Waals surface area contributed by atoms with Crippen LogP contribution in [0.3, 0.4) is 0 Å². The third-order valence-electron chi connectivity index (χ3n) is 4.73. The number of anilines is 1. The monoisotopic (exact) mass is 397 g/mol. The van der Waals surface area contributed by atoms with Crippen LogP contribution in [0.4, 0.5) is 23.7 Å². The Morgan fingerprint density at radius 1 is 1.15 bits per heavy atom. The molecule has 0 aliphatic carbocycles. The predicted octanol–water partition coefficient (Wildman–Crippen LogP) is 4.77. The highest BCUT2D eigenvalue weighted by atomic mass is 32.1. The summed E-state index contributed by atoms with van der Waals surface area (Å²) in [7, 11) is 0. The van der Waals surface area contributed by atoms with E-state index in [0.717, 1.165) is 32.0 Å².